The Hall–Kier alpha value is -1.12. The third-order valence-corrected chi connectivity index (χ3v) is 4.23. The molecule has 22 heavy (non-hydrogen) atoms. The molecule has 0 amide bonds. The van der Waals surface area contributed by atoms with E-state index in [0.29, 0.717) is 6.42 Å². The highest BCUT2D eigenvalue weighted by molar-refractivity contribution is 7.89. The highest BCUT2D eigenvalue weighted by Gasteiger charge is 2.09. The van der Waals surface area contributed by atoms with Gasteiger partial charge in [0.05, 0.1) is 5.75 Å². The van der Waals surface area contributed by atoms with E-state index in [1.165, 1.54) is 10.9 Å². The van der Waals surface area contributed by atoms with Crippen LogP contribution in [0.1, 0.15) is 11.1 Å². The fourth-order valence-corrected chi connectivity index (χ4v) is 2.92. The van der Waals surface area contributed by atoms with Gasteiger partial charge < -0.3 is 15.4 Å². The molecule has 0 atom stereocenters. The molecular weight excluding hydrogens is 326 g/mol. The average Bonchev–Trinajstić information content (AvgIpc) is 2.70. The Morgan fingerprint density at radius 2 is 1.95 bits per heavy atom. The van der Waals surface area contributed by atoms with Crippen LogP contribution in [0.25, 0.3) is 10.9 Å². The number of rotatable bonds is 6. The molecule has 0 aliphatic carbocycles. The summed E-state index contributed by atoms with van der Waals surface area (Å²) >= 11 is 0. The molecule has 2 aromatic rings. The molecule has 0 bridgehead atoms. The van der Waals surface area contributed by atoms with Crippen molar-refractivity contribution in [3.05, 3.63) is 35.5 Å². The van der Waals surface area contributed by atoms with E-state index >= 15 is 0 Å². The Labute approximate surface area is 137 Å². The number of hydrogen-bond acceptors (Lipinski definition) is 3. The van der Waals surface area contributed by atoms with Gasteiger partial charge in [-0.15, -0.1) is 12.4 Å². The minimum absolute atomic E-state index is 0. The summed E-state index contributed by atoms with van der Waals surface area (Å²) in [5.41, 5.74) is 3.44. The van der Waals surface area contributed by atoms with Crippen LogP contribution in [-0.4, -0.2) is 37.8 Å². The molecule has 6 nitrogen and oxygen atoms in total. The maximum atomic E-state index is 11.0. The van der Waals surface area contributed by atoms with Crippen LogP contribution >= 0.6 is 12.4 Å². The lowest BCUT2D eigenvalue weighted by Crippen LogP contribution is -2.17. The number of nitrogens with one attached hydrogen (secondary N) is 1. The fourth-order valence-electron chi connectivity index (χ4n) is 2.40. The number of sulfonamides is 1. The van der Waals surface area contributed by atoms with Crippen LogP contribution in [0.15, 0.2) is 24.4 Å². The Balaban J connectivity index is 0.00000220. The Kier molecular flexibility index (Phi) is 8.06. The molecule has 0 saturated heterocycles. The molecule has 5 N–H and O–H groups in total. The largest absolute Gasteiger partial charge is 0.412 e. The van der Waals surface area contributed by atoms with Crippen molar-refractivity contribution < 1.29 is 13.9 Å². The fraction of sp³-hybridized carbons (Fsp3) is 0.429. The lowest BCUT2D eigenvalue weighted by atomic mass is 10.1. The van der Waals surface area contributed by atoms with Crippen molar-refractivity contribution in [1.82, 2.24) is 9.88 Å². The molecule has 2 rings (SSSR count). The second-order valence-electron chi connectivity index (χ2n) is 5.09. The molecule has 0 aliphatic heterocycles. The second-order valence-corrected chi connectivity index (χ2v) is 6.82. The number of nitrogens with zero attached hydrogens (tertiary/aromatic N) is 1. The van der Waals surface area contributed by atoms with Crippen molar-refractivity contribution in [2.75, 3.05) is 19.3 Å². The zero-order valence-corrected chi connectivity index (χ0v) is 14.4. The van der Waals surface area contributed by atoms with Gasteiger partial charge in [0.25, 0.3) is 0 Å². The van der Waals surface area contributed by atoms with Crippen LogP contribution in [0.3, 0.4) is 0 Å². The summed E-state index contributed by atoms with van der Waals surface area (Å²) in [6, 6.07) is 6.08. The highest BCUT2D eigenvalue weighted by Crippen LogP contribution is 2.22. The number of fused-ring (bicyclic) bond motifs is 1. The molecule has 0 spiro atoms. The quantitative estimate of drug-likeness (QED) is 0.786. The van der Waals surface area contributed by atoms with Crippen molar-refractivity contribution in [3.63, 3.8) is 0 Å². The van der Waals surface area contributed by atoms with Gasteiger partial charge in [0.2, 0.25) is 10.0 Å². The number of aryl methyl sites for hydroxylation is 2. The molecular formula is C14H24ClN3O3S. The third-order valence-electron chi connectivity index (χ3n) is 3.46. The van der Waals surface area contributed by atoms with E-state index in [0.717, 1.165) is 24.0 Å². The first-order valence-electron chi connectivity index (χ1n) is 6.62. The van der Waals surface area contributed by atoms with Gasteiger partial charge in [-0.25, -0.2) is 13.6 Å². The smallest absolute Gasteiger partial charge is 0.209 e. The van der Waals surface area contributed by atoms with Crippen LogP contribution in [0.2, 0.25) is 0 Å². The van der Waals surface area contributed by atoms with Gasteiger partial charge in [0.1, 0.15) is 0 Å². The minimum Gasteiger partial charge on any atom is -0.412 e. The number of likely N-dealkylation sites (N-methyl/N-ethyl adjacent to an activating group) is 1. The molecule has 1 aromatic carbocycles. The van der Waals surface area contributed by atoms with E-state index in [2.05, 4.69) is 22.1 Å². The van der Waals surface area contributed by atoms with Gasteiger partial charge in [-0.2, -0.15) is 0 Å². The predicted octanol–water partition coefficient (Wildman–Crippen LogP) is 0.368. The maximum Gasteiger partial charge on any atom is 0.209 e. The van der Waals surface area contributed by atoms with Crippen molar-refractivity contribution in [1.29, 1.82) is 0 Å². The molecule has 1 aromatic heterocycles. The normalized spacial score (nSPS) is 11.0. The molecule has 0 unspecified atom stereocenters. The van der Waals surface area contributed by atoms with E-state index in [-0.39, 0.29) is 23.6 Å². The van der Waals surface area contributed by atoms with Gasteiger partial charge in [-0.1, -0.05) is 6.07 Å². The predicted molar refractivity (Wildman–Crippen MR) is 93.1 cm³/mol. The first-order chi connectivity index (χ1) is 9.40. The molecule has 0 saturated carbocycles. The van der Waals surface area contributed by atoms with Crippen LogP contribution in [-0.2, 0) is 29.9 Å². The number of benzene rings is 1. The summed E-state index contributed by atoms with van der Waals surface area (Å²) in [7, 11) is 0.546. The van der Waals surface area contributed by atoms with Gasteiger partial charge in [0, 0.05) is 24.1 Å². The number of primary sulfonamides is 1. The molecule has 8 heteroatoms. The summed E-state index contributed by atoms with van der Waals surface area (Å²) in [4.78, 5) is 0. The topological polar surface area (TPSA) is 109 Å². The van der Waals surface area contributed by atoms with Crippen LogP contribution < -0.4 is 10.5 Å². The highest BCUT2D eigenvalue weighted by atomic mass is 35.5. The molecule has 0 radical (unpaired) electrons. The second kappa shape index (κ2) is 8.50. The van der Waals surface area contributed by atoms with Gasteiger partial charge in [0.15, 0.2) is 0 Å². The number of hydrogen-bond donors (Lipinski definition) is 2. The number of nitrogens with two attached hydrogens (primary N) is 1. The van der Waals surface area contributed by atoms with Crippen molar-refractivity contribution in [2.45, 2.75) is 12.8 Å². The first kappa shape index (κ1) is 20.9. The summed E-state index contributed by atoms with van der Waals surface area (Å²) in [6.45, 7) is 0.917. The zero-order chi connectivity index (χ0) is 14.8. The van der Waals surface area contributed by atoms with Crippen molar-refractivity contribution in [3.8, 4) is 0 Å². The van der Waals surface area contributed by atoms with Crippen molar-refractivity contribution in [2.24, 2.45) is 12.2 Å². The summed E-state index contributed by atoms with van der Waals surface area (Å²) in [5.74, 6) is -0.0167. The van der Waals surface area contributed by atoms with E-state index in [4.69, 9.17) is 5.14 Å². The van der Waals surface area contributed by atoms with E-state index in [1.807, 2.05) is 26.2 Å². The standard InChI is InChI=1S/C14H21N3O2S.ClH.H2O/c1-16-7-5-12-10-17(2)14-4-3-11(9-13(12)14)6-8-20(15,18)19;;/h3-4,9-10,16H,5-8H2,1-2H3,(H2,15,18,19);1H;1H2. The maximum absolute atomic E-state index is 11.0. The lowest BCUT2D eigenvalue weighted by molar-refractivity contribution is 0.597. The molecule has 126 valence electrons. The third kappa shape index (κ3) is 5.26. The summed E-state index contributed by atoms with van der Waals surface area (Å²) in [6.07, 6.45) is 3.53. The SMILES string of the molecule is CNCCc1cn(C)c2ccc(CCS(N)(=O)=O)cc12.Cl.O. The molecule has 0 fully saturated rings. The molecule has 1 heterocycles. The Bertz CT molecular complexity index is 713. The van der Waals surface area contributed by atoms with Crippen LogP contribution in [0.5, 0.6) is 0 Å². The average molecular weight is 350 g/mol. The van der Waals surface area contributed by atoms with Gasteiger partial charge in [-0.05, 0) is 49.7 Å². The first-order valence-corrected chi connectivity index (χ1v) is 8.34. The number of aromatic nitrogens is 1. The number of halogens is 1. The van der Waals surface area contributed by atoms with E-state index in [1.54, 1.807) is 0 Å². The van der Waals surface area contributed by atoms with Crippen LogP contribution in [0, 0.1) is 0 Å². The summed E-state index contributed by atoms with van der Waals surface area (Å²) in [5, 5.41) is 9.39. The van der Waals surface area contributed by atoms with E-state index < -0.39 is 10.0 Å². The minimum atomic E-state index is -3.41. The van der Waals surface area contributed by atoms with Gasteiger partial charge in [-0.3, -0.25) is 0 Å². The Morgan fingerprint density at radius 3 is 2.55 bits per heavy atom. The van der Waals surface area contributed by atoms with Crippen molar-refractivity contribution >= 4 is 33.3 Å². The zero-order valence-electron chi connectivity index (χ0n) is 12.8. The summed E-state index contributed by atoms with van der Waals surface area (Å²) < 4.78 is 24.2. The lowest BCUT2D eigenvalue weighted by Gasteiger charge is -2.03. The monoisotopic (exact) mass is 349 g/mol. The van der Waals surface area contributed by atoms with Gasteiger partial charge >= 0.3 is 0 Å². The van der Waals surface area contributed by atoms with E-state index in [9.17, 15) is 8.42 Å². The Morgan fingerprint density at radius 1 is 1.27 bits per heavy atom. The molecule has 0 aliphatic rings. The van der Waals surface area contributed by atoms with Crippen LogP contribution in [0.4, 0.5) is 0 Å².